The van der Waals surface area contributed by atoms with Crippen molar-refractivity contribution in [2.75, 3.05) is 0 Å². The topological polar surface area (TPSA) is 25.8 Å². The van der Waals surface area contributed by atoms with Gasteiger partial charge in [-0.05, 0) is 78.5 Å². The van der Waals surface area contributed by atoms with Gasteiger partial charge in [-0.3, -0.25) is 0 Å². The highest BCUT2D eigenvalue weighted by molar-refractivity contribution is 6.07. The summed E-state index contributed by atoms with van der Waals surface area (Å²) in [5.41, 5.74) is 13.3. The third-order valence-electron chi connectivity index (χ3n) is 11.0. The summed E-state index contributed by atoms with van der Waals surface area (Å²) in [5, 5.41) is 2.41. The van der Waals surface area contributed by atoms with Crippen LogP contribution in [0, 0.1) is 0 Å². The summed E-state index contributed by atoms with van der Waals surface area (Å²) in [7, 11) is 0. The van der Waals surface area contributed by atoms with Crippen LogP contribution in [0.5, 0.6) is 0 Å². The van der Waals surface area contributed by atoms with E-state index in [2.05, 4.69) is 115 Å². The first-order chi connectivity index (χ1) is 28.4. The van der Waals surface area contributed by atoms with Crippen molar-refractivity contribution in [1.82, 2.24) is 9.97 Å². The maximum atomic E-state index is 8.96. The minimum atomic E-state index is -0.604. The van der Waals surface area contributed by atoms with Crippen LogP contribution in [0.25, 0.3) is 78.1 Å². The van der Waals surface area contributed by atoms with E-state index >= 15 is 0 Å². The fourth-order valence-electron chi connectivity index (χ4n) is 8.86. The third-order valence-corrected chi connectivity index (χ3v) is 11.0. The predicted octanol–water partition coefficient (Wildman–Crippen LogP) is 12.6. The Morgan fingerprint density at radius 2 is 1.00 bits per heavy atom. The summed E-state index contributed by atoms with van der Waals surface area (Å²) in [6.45, 7) is 0. The van der Waals surface area contributed by atoms with Gasteiger partial charge in [0.25, 0.3) is 0 Å². The fraction of sp³-hybridized carbons (Fsp3) is 0.0196. The van der Waals surface area contributed by atoms with E-state index in [0.29, 0.717) is 11.5 Å². The van der Waals surface area contributed by atoms with Crippen molar-refractivity contribution in [2.45, 2.75) is 5.41 Å². The van der Waals surface area contributed by atoms with Gasteiger partial charge in [0.1, 0.15) is 0 Å². The van der Waals surface area contributed by atoms with Gasteiger partial charge in [-0.15, -0.1) is 0 Å². The Morgan fingerprint density at radius 1 is 0.396 bits per heavy atom. The Hall–Kier alpha value is -6.90. The molecule has 8 aromatic carbocycles. The van der Waals surface area contributed by atoms with Crippen molar-refractivity contribution in [2.24, 2.45) is 0 Å². The van der Waals surface area contributed by atoms with Gasteiger partial charge in [-0.25, -0.2) is 9.97 Å². The molecule has 0 aliphatic heterocycles. The molecule has 0 radical (unpaired) electrons. The summed E-state index contributed by atoms with van der Waals surface area (Å²) in [6.07, 6.45) is 0. The van der Waals surface area contributed by atoms with Crippen LogP contribution in [0.2, 0.25) is 0 Å². The minimum absolute atomic E-state index is 0.0325. The second-order valence-corrected chi connectivity index (χ2v) is 13.7. The zero-order valence-electron chi connectivity index (χ0n) is 33.5. The van der Waals surface area contributed by atoms with Crippen LogP contribution < -0.4 is 0 Å². The van der Waals surface area contributed by atoms with Crippen LogP contribution in [0.15, 0.2) is 194 Å². The van der Waals surface area contributed by atoms with Crippen molar-refractivity contribution in [3.8, 4) is 67.3 Å². The Labute approximate surface area is 315 Å². The number of benzene rings is 8. The Kier molecular flexibility index (Phi) is 5.48. The number of aromatic nitrogens is 2. The molecule has 11 rings (SSSR count). The van der Waals surface area contributed by atoms with E-state index in [4.69, 9.17) is 16.8 Å². The summed E-state index contributed by atoms with van der Waals surface area (Å²) < 4.78 is 43.3. The smallest absolute Gasteiger partial charge is 0.160 e. The molecule has 2 aliphatic rings. The van der Waals surface area contributed by atoms with Crippen LogP contribution in [0.3, 0.4) is 0 Å². The van der Waals surface area contributed by atoms with E-state index in [1.54, 1.807) is 6.07 Å². The molecule has 246 valence electrons. The lowest BCUT2D eigenvalue weighted by molar-refractivity contribution is 0.794. The molecule has 1 atom stereocenters. The van der Waals surface area contributed by atoms with Gasteiger partial charge < -0.3 is 0 Å². The van der Waals surface area contributed by atoms with E-state index in [1.807, 2.05) is 42.5 Å². The number of fused-ring (bicyclic) bond motifs is 12. The SMILES string of the molecule is [2H]c1c([2H])c([2H])c(-c2cc(-c3cccc4c3-c3ccccc3C43c4ccccc4-c4c3ccc3ccccc43)nc(-c3cccc(-c4ccccc4)c3)n2)c([2H])c1[2H]. The Morgan fingerprint density at radius 3 is 1.83 bits per heavy atom. The summed E-state index contributed by atoms with van der Waals surface area (Å²) in [5.74, 6) is 0.388. The highest BCUT2D eigenvalue weighted by Crippen LogP contribution is 2.64. The van der Waals surface area contributed by atoms with Crippen LogP contribution in [-0.2, 0) is 5.41 Å². The van der Waals surface area contributed by atoms with Gasteiger partial charge in [0.2, 0.25) is 0 Å². The molecule has 0 saturated carbocycles. The zero-order valence-corrected chi connectivity index (χ0v) is 28.5. The number of rotatable bonds is 4. The monoisotopic (exact) mass is 677 g/mol. The molecule has 0 N–H and O–H groups in total. The average Bonchev–Trinajstić information content (AvgIpc) is 3.76. The van der Waals surface area contributed by atoms with E-state index in [0.717, 1.165) is 38.9 Å². The second kappa shape index (κ2) is 11.6. The molecule has 0 amide bonds. The van der Waals surface area contributed by atoms with Crippen molar-refractivity contribution in [3.63, 3.8) is 0 Å². The zero-order chi connectivity index (χ0) is 39.3. The highest BCUT2D eigenvalue weighted by Gasteiger charge is 2.52. The molecule has 9 aromatic rings. The van der Waals surface area contributed by atoms with Crippen LogP contribution in [-0.4, -0.2) is 9.97 Å². The standard InChI is InChI=1S/C51H32N2/c1-3-15-33(16-4-1)36-20-13-21-37(31-36)50-52-46(35-18-5-2-6-19-35)32-47(53-50)41-25-14-28-44-49(41)40-24-10-12-27-43(40)51(44)42-26-11-9-23-39(42)48-38-22-8-7-17-34(38)29-30-45(48)51/h1-32H/i2D,5D,6D,18D,19D. The van der Waals surface area contributed by atoms with Crippen LogP contribution in [0.4, 0.5) is 0 Å². The van der Waals surface area contributed by atoms with Crippen LogP contribution in [0.1, 0.15) is 29.1 Å². The molecule has 2 heteroatoms. The molecule has 53 heavy (non-hydrogen) atoms. The van der Waals surface area contributed by atoms with Gasteiger partial charge in [0, 0.05) is 16.7 Å². The highest BCUT2D eigenvalue weighted by atomic mass is 14.9. The van der Waals surface area contributed by atoms with Crippen molar-refractivity contribution in [1.29, 1.82) is 0 Å². The minimum Gasteiger partial charge on any atom is -0.228 e. The lowest BCUT2D eigenvalue weighted by atomic mass is 9.70. The maximum absolute atomic E-state index is 8.96. The van der Waals surface area contributed by atoms with Crippen molar-refractivity contribution in [3.05, 3.63) is 216 Å². The van der Waals surface area contributed by atoms with Gasteiger partial charge in [0.15, 0.2) is 5.82 Å². The van der Waals surface area contributed by atoms with Gasteiger partial charge in [-0.2, -0.15) is 0 Å². The second-order valence-electron chi connectivity index (χ2n) is 13.7. The lowest BCUT2D eigenvalue weighted by Gasteiger charge is -2.30. The molecule has 1 aromatic heterocycles. The van der Waals surface area contributed by atoms with E-state index < -0.39 is 23.5 Å². The fourth-order valence-corrected chi connectivity index (χ4v) is 8.86. The first-order valence-corrected chi connectivity index (χ1v) is 17.8. The van der Waals surface area contributed by atoms with Gasteiger partial charge in [0.05, 0.1) is 23.7 Å². The molecule has 1 heterocycles. The number of hydrogen-bond acceptors (Lipinski definition) is 2. The molecule has 2 aliphatic carbocycles. The lowest BCUT2D eigenvalue weighted by Crippen LogP contribution is -2.25. The molecule has 1 unspecified atom stereocenters. The van der Waals surface area contributed by atoms with Crippen LogP contribution >= 0.6 is 0 Å². The first-order valence-electron chi connectivity index (χ1n) is 20.3. The molecule has 0 saturated heterocycles. The molecule has 0 bridgehead atoms. The summed E-state index contributed by atoms with van der Waals surface area (Å²) in [4.78, 5) is 10.3. The molecule has 0 fully saturated rings. The molecular weight excluding hydrogens is 641 g/mol. The van der Waals surface area contributed by atoms with Crippen molar-refractivity contribution < 1.29 is 6.85 Å². The Bertz CT molecular complexity index is 3170. The maximum Gasteiger partial charge on any atom is 0.160 e. The molecule has 2 nitrogen and oxygen atoms in total. The number of nitrogens with zero attached hydrogens (tertiary/aromatic N) is 2. The summed E-state index contributed by atoms with van der Waals surface area (Å²) >= 11 is 0. The predicted molar refractivity (Wildman–Crippen MR) is 218 cm³/mol. The first kappa shape index (κ1) is 25.1. The number of hydrogen-bond donors (Lipinski definition) is 0. The normalized spacial score (nSPS) is 16.2. The third kappa shape index (κ3) is 4.33. The Balaban J connectivity index is 1.21. The van der Waals surface area contributed by atoms with Crippen molar-refractivity contribution >= 4 is 10.8 Å². The molecule has 1 spiro atoms. The largest absolute Gasteiger partial charge is 0.228 e. The summed E-state index contributed by atoms with van der Waals surface area (Å²) in [6, 6.07) is 54.9. The molecular formula is C51H32N2. The van der Waals surface area contributed by atoms with E-state index in [9.17, 15) is 0 Å². The van der Waals surface area contributed by atoms with E-state index in [1.165, 1.54) is 38.6 Å². The quantitative estimate of drug-likeness (QED) is 0.185. The van der Waals surface area contributed by atoms with E-state index in [-0.39, 0.29) is 23.3 Å². The van der Waals surface area contributed by atoms with Gasteiger partial charge >= 0.3 is 0 Å². The van der Waals surface area contributed by atoms with Gasteiger partial charge in [-0.1, -0.05) is 182 Å². The average molecular weight is 678 g/mol.